The lowest BCUT2D eigenvalue weighted by Gasteiger charge is -2.15. The second kappa shape index (κ2) is 6.97. The number of nitrogens with one attached hydrogen (secondary N) is 1. The van der Waals surface area contributed by atoms with Gasteiger partial charge in [-0.05, 0) is 47.9 Å². The van der Waals surface area contributed by atoms with E-state index >= 15 is 0 Å². The Balaban J connectivity index is 1.51. The number of rotatable bonds is 4. The SMILES string of the molecule is COc1ccc2ccnc(Nc3cccc(N4C(=O)c5ccccc5C4=O)n3)c2c1. The molecule has 0 saturated heterocycles. The summed E-state index contributed by atoms with van der Waals surface area (Å²) in [5.41, 5.74) is 0.760. The summed E-state index contributed by atoms with van der Waals surface area (Å²) in [5.74, 6) is 1.27. The zero-order chi connectivity index (χ0) is 20.7. The van der Waals surface area contributed by atoms with Crippen molar-refractivity contribution in [1.82, 2.24) is 9.97 Å². The van der Waals surface area contributed by atoms with Crippen molar-refractivity contribution in [3.63, 3.8) is 0 Å². The summed E-state index contributed by atoms with van der Waals surface area (Å²) >= 11 is 0. The Morgan fingerprint density at radius 3 is 2.40 bits per heavy atom. The number of imide groups is 1. The van der Waals surface area contributed by atoms with Gasteiger partial charge in [0.25, 0.3) is 11.8 Å². The minimum absolute atomic E-state index is 0.254. The molecular weight excluding hydrogens is 380 g/mol. The number of ether oxygens (including phenoxy) is 1. The Morgan fingerprint density at radius 1 is 0.900 bits per heavy atom. The van der Waals surface area contributed by atoms with Crippen LogP contribution in [0.3, 0.4) is 0 Å². The fourth-order valence-corrected chi connectivity index (χ4v) is 3.51. The van der Waals surface area contributed by atoms with Gasteiger partial charge in [-0.2, -0.15) is 0 Å². The number of nitrogens with zero attached hydrogens (tertiary/aromatic N) is 3. The Bertz CT molecular complexity index is 1280. The minimum atomic E-state index is -0.381. The molecule has 1 N–H and O–H groups in total. The summed E-state index contributed by atoms with van der Waals surface area (Å²) < 4.78 is 5.32. The first-order chi connectivity index (χ1) is 14.7. The zero-order valence-corrected chi connectivity index (χ0v) is 16.0. The van der Waals surface area contributed by atoms with Gasteiger partial charge < -0.3 is 10.1 Å². The molecule has 2 aromatic heterocycles. The van der Waals surface area contributed by atoms with Crippen LogP contribution in [0.25, 0.3) is 10.8 Å². The number of aromatic nitrogens is 2. The molecule has 0 spiro atoms. The molecule has 0 aliphatic carbocycles. The molecule has 30 heavy (non-hydrogen) atoms. The highest BCUT2D eigenvalue weighted by molar-refractivity contribution is 6.34. The molecule has 1 aliphatic rings. The zero-order valence-electron chi connectivity index (χ0n) is 16.0. The number of carbonyl (C=O) groups excluding carboxylic acids is 2. The van der Waals surface area contributed by atoms with E-state index in [1.165, 1.54) is 0 Å². The Labute approximate surface area is 172 Å². The van der Waals surface area contributed by atoms with E-state index in [-0.39, 0.29) is 17.6 Å². The van der Waals surface area contributed by atoms with Crippen LogP contribution >= 0.6 is 0 Å². The van der Waals surface area contributed by atoms with Gasteiger partial charge in [-0.1, -0.05) is 24.3 Å². The van der Waals surface area contributed by atoms with Crippen LogP contribution in [0.4, 0.5) is 17.5 Å². The third kappa shape index (κ3) is 2.84. The highest BCUT2D eigenvalue weighted by Gasteiger charge is 2.37. The van der Waals surface area contributed by atoms with E-state index in [9.17, 15) is 9.59 Å². The number of anilines is 3. The summed E-state index contributed by atoms with van der Waals surface area (Å²) in [6.07, 6.45) is 1.70. The Kier molecular flexibility index (Phi) is 4.14. The highest BCUT2D eigenvalue weighted by Crippen LogP contribution is 2.30. The van der Waals surface area contributed by atoms with E-state index in [2.05, 4.69) is 15.3 Å². The van der Waals surface area contributed by atoms with Gasteiger partial charge in [0.1, 0.15) is 23.2 Å². The van der Waals surface area contributed by atoms with Gasteiger partial charge in [-0.25, -0.2) is 14.9 Å². The van der Waals surface area contributed by atoms with Crippen molar-refractivity contribution in [2.75, 3.05) is 17.3 Å². The van der Waals surface area contributed by atoms with E-state index in [1.807, 2.05) is 24.3 Å². The molecule has 0 fully saturated rings. The molecule has 2 aromatic carbocycles. The number of methoxy groups -OCH3 is 1. The first-order valence-corrected chi connectivity index (χ1v) is 9.30. The van der Waals surface area contributed by atoms with Crippen LogP contribution < -0.4 is 15.0 Å². The molecule has 0 bridgehead atoms. The minimum Gasteiger partial charge on any atom is -0.497 e. The second-order valence-electron chi connectivity index (χ2n) is 6.74. The molecule has 146 valence electrons. The lowest BCUT2D eigenvalue weighted by Crippen LogP contribution is -2.30. The van der Waals surface area contributed by atoms with Crippen LogP contribution in [-0.4, -0.2) is 28.9 Å². The number of amides is 2. The first-order valence-electron chi connectivity index (χ1n) is 9.30. The first kappa shape index (κ1) is 17.8. The average Bonchev–Trinajstić information content (AvgIpc) is 3.04. The number of carbonyl (C=O) groups is 2. The lowest BCUT2D eigenvalue weighted by molar-refractivity contribution is 0.0925. The smallest absolute Gasteiger partial charge is 0.267 e. The summed E-state index contributed by atoms with van der Waals surface area (Å²) in [6.45, 7) is 0. The summed E-state index contributed by atoms with van der Waals surface area (Å²) in [4.78, 5) is 35.5. The Morgan fingerprint density at radius 2 is 1.67 bits per heavy atom. The van der Waals surface area contributed by atoms with Crippen molar-refractivity contribution in [1.29, 1.82) is 0 Å². The van der Waals surface area contributed by atoms with E-state index in [4.69, 9.17) is 4.74 Å². The number of fused-ring (bicyclic) bond motifs is 2. The summed E-state index contributed by atoms with van der Waals surface area (Å²) in [5, 5.41) is 5.04. The maximum atomic E-state index is 12.7. The lowest BCUT2D eigenvalue weighted by atomic mass is 10.1. The molecule has 0 unspecified atom stereocenters. The van der Waals surface area contributed by atoms with Crippen LogP contribution in [-0.2, 0) is 0 Å². The van der Waals surface area contributed by atoms with E-state index in [0.717, 1.165) is 15.7 Å². The van der Waals surface area contributed by atoms with Crippen LogP contribution in [0.15, 0.2) is 72.9 Å². The van der Waals surface area contributed by atoms with Gasteiger partial charge in [-0.3, -0.25) is 9.59 Å². The highest BCUT2D eigenvalue weighted by atomic mass is 16.5. The number of hydrogen-bond acceptors (Lipinski definition) is 6. The summed E-state index contributed by atoms with van der Waals surface area (Å²) in [7, 11) is 1.61. The standard InChI is InChI=1S/C23H16N4O3/c1-30-15-10-9-14-11-12-24-21(18(14)13-15)26-19-7-4-8-20(25-19)27-22(28)16-5-2-3-6-17(16)23(27)29/h2-13H,1H3,(H,24,25,26). The molecule has 1 aliphatic heterocycles. The van der Waals surface area contributed by atoms with Gasteiger partial charge in [0.05, 0.1) is 18.2 Å². The molecule has 0 atom stereocenters. The van der Waals surface area contributed by atoms with Crippen LogP contribution in [0.2, 0.25) is 0 Å². The number of hydrogen-bond donors (Lipinski definition) is 1. The van der Waals surface area contributed by atoms with E-state index in [1.54, 1.807) is 55.8 Å². The fraction of sp³-hybridized carbons (Fsp3) is 0.0435. The predicted octanol–water partition coefficient (Wildman–Crippen LogP) is 4.18. The molecule has 0 saturated carbocycles. The van der Waals surface area contributed by atoms with Crippen molar-refractivity contribution in [3.8, 4) is 5.75 Å². The average molecular weight is 396 g/mol. The Hall–Kier alpha value is -4.26. The largest absolute Gasteiger partial charge is 0.497 e. The van der Waals surface area contributed by atoms with Crippen molar-refractivity contribution in [2.24, 2.45) is 0 Å². The molecule has 7 heteroatoms. The van der Waals surface area contributed by atoms with Crippen molar-refractivity contribution in [3.05, 3.63) is 84.1 Å². The second-order valence-corrected chi connectivity index (χ2v) is 6.74. The van der Waals surface area contributed by atoms with Gasteiger partial charge in [0, 0.05) is 11.6 Å². The molecular formula is C23H16N4O3. The molecule has 4 aromatic rings. The molecule has 7 nitrogen and oxygen atoms in total. The fourth-order valence-electron chi connectivity index (χ4n) is 3.51. The van der Waals surface area contributed by atoms with Gasteiger partial charge >= 0.3 is 0 Å². The third-order valence-electron chi connectivity index (χ3n) is 4.98. The third-order valence-corrected chi connectivity index (χ3v) is 4.98. The van der Waals surface area contributed by atoms with E-state index in [0.29, 0.717) is 28.5 Å². The van der Waals surface area contributed by atoms with Gasteiger partial charge in [0.2, 0.25) is 0 Å². The molecule has 0 radical (unpaired) electrons. The van der Waals surface area contributed by atoms with Crippen molar-refractivity contribution < 1.29 is 14.3 Å². The number of benzene rings is 2. The van der Waals surface area contributed by atoms with Crippen molar-refractivity contribution >= 4 is 40.0 Å². The predicted molar refractivity (Wildman–Crippen MR) is 113 cm³/mol. The van der Waals surface area contributed by atoms with E-state index < -0.39 is 0 Å². The monoisotopic (exact) mass is 396 g/mol. The van der Waals surface area contributed by atoms with Crippen LogP contribution in [0.5, 0.6) is 5.75 Å². The number of pyridine rings is 2. The van der Waals surface area contributed by atoms with Gasteiger partial charge in [-0.15, -0.1) is 0 Å². The van der Waals surface area contributed by atoms with Crippen molar-refractivity contribution in [2.45, 2.75) is 0 Å². The normalized spacial score (nSPS) is 12.9. The topological polar surface area (TPSA) is 84.4 Å². The molecule has 5 rings (SSSR count). The van der Waals surface area contributed by atoms with Gasteiger partial charge in [0.15, 0.2) is 0 Å². The van der Waals surface area contributed by atoms with Crippen LogP contribution in [0.1, 0.15) is 20.7 Å². The maximum Gasteiger partial charge on any atom is 0.267 e. The molecule has 2 amide bonds. The van der Waals surface area contributed by atoms with Crippen LogP contribution in [0, 0.1) is 0 Å². The molecule has 3 heterocycles. The maximum absolute atomic E-state index is 12.7. The summed E-state index contributed by atoms with van der Waals surface area (Å²) in [6, 6.07) is 19.5. The quantitative estimate of drug-likeness (QED) is 0.521.